The van der Waals surface area contributed by atoms with Crippen molar-refractivity contribution in [2.75, 3.05) is 26.0 Å². The molecule has 6 heteroatoms. The molecule has 25 heavy (non-hydrogen) atoms. The topological polar surface area (TPSA) is 49.2 Å². The second kappa shape index (κ2) is 8.49. The summed E-state index contributed by atoms with van der Waals surface area (Å²) in [6.45, 7) is 3.00. The van der Waals surface area contributed by atoms with E-state index in [1.165, 1.54) is 0 Å². The number of benzene rings is 1. The van der Waals surface area contributed by atoms with E-state index in [-0.39, 0.29) is 12.0 Å². The number of hydrogen-bond acceptors (Lipinski definition) is 5. The van der Waals surface area contributed by atoms with Crippen molar-refractivity contribution in [3.63, 3.8) is 0 Å². The highest BCUT2D eigenvalue weighted by Crippen LogP contribution is 2.36. The largest absolute Gasteiger partial charge is 0.396 e. The van der Waals surface area contributed by atoms with Crippen molar-refractivity contribution in [1.29, 1.82) is 0 Å². The maximum absolute atomic E-state index is 10.0. The van der Waals surface area contributed by atoms with Crippen LogP contribution in [0.25, 0.3) is 0 Å². The lowest BCUT2D eigenvalue weighted by atomic mass is 9.74. The third-order valence-corrected chi connectivity index (χ3v) is 5.99. The molecule has 1 aromatic carbocycles. The zero-order valence-electron chi connectivity index (χ0n) is 14.5. The lowest BCUT2D eigenvalue weighted by Crippen LogP contribution is -2.43. The van der Waals surface area contributed by atoms with Crippen LogP contribution in [-0.2, 0) is 13.0 Å². The number of aliphatic hydroxyl groups is 1. The number of hydrogen-bond donors (Lipinski definition) is 1. The lowest BCUT2D eigenvalue weighted by molar-refractivity contribution is 0.0413. The average molecular weight is 378 g/mol. The van der Waals surface area contributed by atoms with E-state index in [1.54, 1.807) is 11.8 Å². The Balaban J connectivity index is 1.59. The summed E-state index contributed by atoms with van der Waals surface area (Å²) in [5, 5.41) is 11.6. The van der Waals surface area contributed by atoms with Crippen LogP contribution in [0.1, 0.15) is 24.0 Å². The smallest absolute Gasteiger partial charge is 0.187 e. The molecule has 0 saturated carbocycles. The van der Waals surface area contributed by atoms with Crippen molar-refractivity contribution in [2.24, 2.45) is 5.41 Å². The van der Waals surface area contributed by atoms with Crippen molar-refractivity contribution < 1.29 is 5.11 Å². The van der Waals surface area contributed by atoms with Gasteiger partial charge in [0.05, 0.1) is 0 Å². The van der Waals surface area contributed by atoms with Crippen molar-refractivity contribution >= 4 is 23.4 Å². The minimum absolute atomic E-state index is 0.0687. The quantitative estimate of drug-likeness (QED) is 0.614. The van der Waals surface area contributed by atoms with Gasteiger partial charge in [0.15, 0.2) is 5.16 Å². The van der Waals surface area contributed by atoms with Crippen molar-refractivity contribution in [1.82, 2.24) is 14.9 Å². The Labute approximate surface area is 158 Å². The Morgan fingerprint density at radius 2 is 1.88 bits per heavy atom. The Morgan fingerprint density at radius 3 is 2.48 bits per heavy atom. The molecular weight excluding hydrogens is 354 g/mol. The van der Waals surface area contributed by atoms with Gasteiger partial charge in [-0.25, -0.2) is 9.97 Å². The molecule has 0 unspecified atom stereocenters. The Kier molecular flexibility index (Phi) is 6.34. The summed E-state index contributed by atoms with van der Waals surface area (Å²) < 4.78 is 0. The van der Waals surface area contributed by atoms with E-state index in [4.69, 9.17) is 11.6 Å². The molecule has 0 atom stereocenters. The first-order valence-electron chi connectivity index (χ1n) is 8.56. The van der Waals surface area contributed by atoms with Gasteiger partial charge < -0.3 is 5.11 Å². The van der Waals surface area contributed by atoms with Gasteiger partial charge in [0.2, 0.25) is 0 Å². The summed E-state index contributed by atoms with van der Waals surface area (Å²) >= 11 is 7.87. The standard InChI is InChI=1S/C19H24ClN3OS/c1-25-18-21-11-15(12-22-18)13-23-8-6-19(14-24,7-9-23)10-16-4-2-3-5-17(16)20/h2-5,11-12,24H,6-10,13-14H2,1H3. The molecule has 4 nitrogen and oxygen atoms in total. The summed E-state index contributed by atoms with van der Waals surface area (Å²) in [4.78, 5) is 11.1. The summed E-state index contributed by atoms with van der Waals surface area (Å²) in [7, 11) is 0. The number of rotatable bonds is 6. The summed E-state index contributed by atoms with van der Waals surface area (Å²) in [5.74, 6) is 0. The molecule has 1 fully saturated rings. The predicted octanol–water partition coefficient (Wildman–Crippen LogP) is 3.67. The summed E-state index contributed by atoms with van der Waals surface area (Å²) in [6, 6.07) is 7.95. The zero-order chi connectivity index (χ0) is 17.7. The highest BCUT2D eigenvalue weighted by molar-refractivity contribution is 7.98. The third-order valence-electron chi connectivity index (χ3n) is 5.05. The van der Waals surface area contributed by atoms with E-state index in [0.717, 1.165) is 60.2 Å². The summed E-state index contributed by atoms with van der Waals surface area (Å²) in [6.07, 6.45) is 8.58. The van der Waals surface area contributed by atoms with E-state index < -0.39 is 0 Å². The molecule has 1 aromatic heterocycles. The van der Waals surface area contributed by atoms with Gasteiger partial charge in [-0.05, 0) is 55.7 Å². The van der Waals surface area contributed by atoms with Gasteiger partial charge in [-0.3, -0.25) is 4.90 Å². The fourth-order valence-electron chi connectivity index (χ4n) is 3.41. The molecule has 1 N–H and O–H groups in total. The number of halogens is 1. The first-order valence-corrected chi connectivity index (χ1v) is 10.2. The fraction of sp³-hybridized carbons (Fsp3) is 0.474. The Morgan fingerprint density at radius 1 is 1.20 bits per heavy atom. The molecule has 0 bridgehead atoms. The first-order chi connectivity index (χ1) is 12.1. The number of piperidine rings is 1. The highest BCUT2D eigenvalue weighted by atomic mass is 35.5. The second-order valence-electron chi connectivity index (χ2n) is 6.78. The molecule has 2 heterocycles. The lowest BCUT2D eigenvalue weighted by Gasteiger charge is -2.41. The highest BCUT2D eigenvalue weighted by Gasteiger charge is 2.34. The molecule has 0 radical (unpaired) electrons. The molecule has 0 amide bonds. The van der Waals surface area contributed by atoms with Crippen molar-refractivity contribution in [2.45, 2.75) is 31.0 Å². The van der Waals surface area contributed by atoms with Crippen LogP contribution in [0.2, 0.25) is 5.02 Å². The van der Waals surface area contributed by atoms with Gasteiger partial charge in [0.1, 0.15) is 0 Å². The van der Waals surface area contributed by atoms with Gasteiger partial charge in [0, 0.05) is 36.1 Å². The number of likely N-dealkylation sites (tertiary alicyclic amines) is 1. The van der Waals surface area contributed by atoms with Crippen molar-refractivity contribution in [3.8, 4) is 0 Å². The van der Waals surface area contributed by atoms with Crippen LogP contribution in [0, 0.1) is 5.41 Å². The van der Waals surface area contributed by atoms with E-state index in [0.29, 0.717) is 0 Å². The monoisotopic (exact) mass is 377 g/mol. The van der Waals surface area contributed by atoms with Crippen molar-refractivity contribution in [3.05, 3.63) is 52.8 Å². The van der Waals surface area contributed by atoms with Gasteiger partial charge in [-0.2, -0.15) is 0 Å². The predicted molar refractivity (Wildman–Crippen MR) is 103 cm³/mol. The average Bonchev–Trinajstić information content (AvgIpc) is 2.66. The number of thioether (sulfide) groups is 1. The number of nitrogens with zero attached hydrogens (tertiary/aromatic N) is 3. The molecule has 134 valence electrons. The molecular formula is C19H24ClN3OS. The minimum Gasteiger partial charge on any atom is -0.396 e. The van der Waals surface area contributed by atoms with E-state index >= 15 is 0 Å². The normalized spacial score (nSPS) is 17.6. The van der Waals surface area contributed by atoms with E-state index in [9.17, 15) is 5.11 Å². The van der Waals surface area contributed by atoms with Crippen LogP contribution in [-0.4, -0.2) is 45.9 Å². The molecule has 3 rings (SSSR count). The first kappa shape index (κ1) is 18.6. The van der Waals surface area contributed by atoms with Crippen LogP contribution in [0.15, 0.2) is 41.8 Å². The molecule has 1 aliphatic rings. The van der Waals surface area contributed by atoms with Crippen LogP contribution in [0.4, 0.5) is 0 Å². The SMILES string of the molecule is CSc1ncc(CN2CCC(CO)(Cc3ccccc3Cl)CC2)cn1. The van der Waals surface area contributed by atoms with Gasteiger partial charge in [-0.15, -0.1) is 0 Å². The van der Waals surface area contributed by atoms with Crippen LogP contribution < -0.4 is 0 Å². The van der Waals surface area contributed by atoms with Crippen LogP contribution >= 0.6 is 23.4 Å². The number of aliphatic hydroxyl groups excluding tert-OH is 1. The van der Waals surface area contributed by atoms with E-state index in [2.05, 4.69) is 20.9 Å². The maximum Gasteiger partial charge on any atom is 0.187 e. The second-order valence-corrected chi connectivity index (χ2v) is 7.96. The summed E-state index contributed by atoms with van der Waals surface area (Å²) in [5.41, 5.74) is 2.20. The van der Waals surface area contributed by atoms with Gasteiger partial charge in [-0.1, -0.05) is 41.6 Å². The molecule has 0 spiro atoms. The fourth-order valence-corrected chi connectivity index (χ4v) is 3.93. The maximum atomic E-state index is 10.0. The number of aromatic nitrogens is 2. The molecule has 2 aromatic rings. The molecule has 0 aliphatic carbocycles. The molecule has 1 saturated heterocycles. The third kappa shape index (κ3) is 4.73. The van der Waals surface area contributed by atoms with Gasteiger partial charge >= 0.3 is 0 Å². The van der Waals surface area contributed by atoms with Crippen LogP contribution in [0.5, 0.6) is 0 Å². The van der Waals surface area contributed by atoms with Crippen LogP contribution in [0.3, 0.4) is 0 Å². The molecule has 1 aliphatic heterocycles. The Hall–Kier alpha value is -1.14. The van der Waals surface area contributed by atoms with Gasteiger partial charge in [0.25, 0.3) is 0 Å². The zero-order valence-corrected chi connectivity index (χ0v) is 16.1. The van der Waals surface area contributed by atoms with E-state index in [1.807, 2.05) is 36.8 Å². The Bertz CT molecular complexity index is 687. The minimum atomic E-state index is -0.0687.